The Labute approximate surface area is 107 Å². The van der Waals surface area contributed by atoms with E-state index in [4.69, 9.17) is 5.73 Å². The standard InChI is InChI=1S/C11H13BrF2N2O/c1-11(2,5-15)16-10(17)9-7(13)3-6(12)4-8(9)14/h3-4H,5,15H2,1-2H3,(H,16,17). The molecule has 3 nitrogen and oxygen atoms in total. The van der Waals surface area contributed by atoms with Crippen LogP contribution in [0.1, 0.15) is 24.2 Å². The van der Waals surface area contributed by atoms with E-state index in [1.807, 2.05) is 0 Å². The lowest BCUT2D eigenvalue weighted by Gasteiger charge is -2.24. The van der Waals surface area contributed by atoms with Gasteiger partial charge < -0.3 is 11.1 Å². The molecule has 0 saturated heterocycles. The maximum Gasteiger partial charge on any atom is 0.257 e. The van der Waals surface area contributed by atoms with Crippen LogP contribution in [0.2, 0.25) is 0 Å². The van der Waals surface area contributed by atoms with Crippen molar-refractivity contribution in [2.45, 2.75) is 19.4 Å². The molecule has 0 aliphatic carbocycles. The maximum atomic E-state index is 13.5. The summed E-state index contributed by atoms with van der Waals surface area (Å²) in [6.45, 7) is 3.50. The van der Waals surface area contributed by atoms with E-state index in [0.717, 1.165) is 12.1 Å². The van der Waals surface area contributed by atoms with Crippen LogP contribution in [-0.4, -0.2) is 18.0 Å². The Morgan fingerprint density at radius 3 is 2.29 bits per heavy atom. The van der Waals surface area contributed by atoms with Crippen LogP contribution in [-0.2, 0) is 0 Å². The summed E-state index contributed by atoms with van der Waals surface area (Å²) >= 11 is 2.94. The van der Waals surface area contributed by atoms with Crippen LogP contribution in [0.3, 0.4) is 0 Å². The van der Waals surface area contributed by atoms with Gasteiger partial charge in [0.05, 0.1) is 0 Å². The summed E-state index contributed by atoms with van der Waals surface area (Å²) in [5.41, 5.74) is 4.10. The Balaban J connectivity index is 3.05. The molecule has 0 aliphatic rings. The van der Waals surface area contributed by atoms with Gasteiger partial charge in [0, 0.05) is 16.6 Å². The highest BCUT2D eigenvalue weighted by atomic mass is 79.9. The van der Waals surface area contributed by atoms with Crippen LogP contribution in [0.4, 0.5) is 8.78 Å². The van der Waals surface area contributed by atoms with Crippen molar-refractivity contribution in [1.82, 2.24) is 5.32 Å². The Hall–Kier alpha value is -1.01. The highest BCUT2D eigenvalue weighted by Crippen LogP contribution is 2.19. The van der Waals surface area contributed by atoms with Crippen LogP contribution in [0.25, 0.3) is 0 Å². The molecule has 6 heteroatoms. The van der Waals surface area contributed by atoms with Gasteiger partial charge in [-0.1, -0.05) is 15.9 Å². The van der Waals surface area contributed by atoms with E-state index in [-0.39, 0.29) is 11.0 Å². The van der Waals surface area contributed by atoms with E-state index in [0.29, 0.717) is 0 Å². The third-order valence-electron chi connectivity index (χ3n) is 2.20. The molecule has 0 spiro atoms. The van der Waals surface area contributed by atoms with Gasteiger partial charge in [-0.05, 0) is 26.0 Å². The first-order chi connectivity index (χ1) is 7.76. The summed E-state index contributed by atoms with van der Waals surface area (Å²) in [5, 5.41) is 2.46. The first-order valence-corrected chi connectivity index (χ1v) is 5.73. The van der Waals surface area contributed by atoms with Crippen molar-refractivity contribution < 1.29 is 13.6 Å². The smallest absolute Gasteiger partial charge is 0.257 e. The highest BCUT2D eigenvalue weighted by molar-refractivity contribution is 9.10. The van der Waals surface area contributed by atoms with Crippen molar-refractivity contribution in [2.24, 2.45) is 5.73 Å². The fraction of sp³-hybridized carbons (Fsp3) is 0.364. The number of nitrogens with two attached hydrogens (primary N) is 1. The summed E-state index contributed by atoms with van der Waals surface area (Å²) in [5.74, 6) is -2.65. The number of rotatable bonds is 3. The second kappa shape index (κ2) is 5.10. The Kier molecular flexibility index (Phi) is 4.21. The van der Waals surface area contributed by atoms with Gasteiger partial charge >= 0.3 is 0 Å². The van der Waals surface area contributed by atoms with Gasteiger partial charge in [0.15, 0.2) is 0 Å². The lowest BCUT2D eigenvalue weighted by Crippen LogP contribution is -2.49. The topological polar surface area (TPSA) is 55.1 Å². The monoisotopic (exact) mass is 306 g/mol. The molecule has 0 saturated carbocycles. The molecule has 0 heterocycles. The minimum atomic E-state index is -0.915. The summed E-state index contributed by atoms with van der Waals surface area (Å²) in [6, 6.07) is 2.07. The zero-order valence-electron chi connectivity index (χ0n) is 9.48. The van der Waals surface area contributed by atoms with Crippen molar-refractivity contribution in [1.29, 1.82) is 0 Å². The average Bonchev–Trinajstić information content (AvgIpc) is 2.14. The van der Waals surface area contributed by atoms with E-state index in [9.17, 15) is 13.6 Å². The molecule has 0 bridgehead atoms. The van der Waals surface area contributed by atoms with Crippen LogP contribution in [0, 0.1) is 11.6 Å². The van der Waals surface area contributed by atoms with Crippen LogP contribution < -0.4 is 11.1 Å². The number of nitrogens with one attached hydrogen (secondary N) is 1. The van der Waals surface area contributed by atoms with Crippen LogP contribution in [0.5, 0.6) is 0 Å². The summed E-state index contributed by atoms with van der Waals surface area (Å²) in [4.78, 5) is 11.7. The highest BCUT2D eigenvalue weighted by Gasteiger charge is 2.24. The third kappa shape index (κ3) is 3.47. The molecule has 0 unspecified atom stereocenters. The average molecular weight is 307 g/mol. The minimum Gasteiger partial charge on any atom is -0.346 e. The molecule has 1 aromatic rings. The molecule has 0 atom stereocenters. The molecule has 17 heavy (non-hydrogen) atoms. The molecular formula is C11H13BrF2N2O. The van der Waals surface area contributed by atoms with Crippen molar-refractivity contribution in [3.63, 3.8) is 0 Å². The van der Waals surface area contributed by atoms with Crippen molar-refractivity contribution in [2.75, 3.05) is 6.54 Å². The molecule has 0 radical (unpaired) electrons. The fourth-order valence-electron chi connectivity index (χ4n) is 1.18. The van der Waals surface area contributed by atoms with Gasteiger partial charge in [0.2, 0.25) is 0 Å². The minimum absolute atomic E-state index is 0.165. The zero-order valence-corrected chi connectivity index (χ0v) is 11.1. The predicted octanol–water partition coefficient (Wildman–Crippen LogP) is 2.19. The first kappa shape index (κ1) is 14.1. The zero-order chi connectivity index (χ0) is 13.2. The second-order valence-electron chi connectivity index (χ2n) is 4.29. The van der Waals surface area contributed by atoms with Crippen molar-refractivity contribution in [3.05, 3.63) is 33.8 Å². The van der Waals surface area contributed by atoms with E-state index in [2.05, 4.69) is 21.2 Å². The first-order valence-electron chi connectivity index (χ1n) is 4.94. The quantitative estimate of drug-likeness (QED) is 0.899. The normalized spacial score (nSPS) is 11.4. The van der Waals surface area contributed by atoms with Gasteiger partial charge in [-0.25, -0.2) is 8.78 Å². The number of amides is 1. The van der Waals surface area contributed by atoms with Gasteiger partial charge in [-0.15, -0.1) is 0 Å². The molecule has 0 aliphatic heterocycles. The number of halogens is 3. The summed E-state index contributed by atoms with van der Waals surface area (Å²) < 4.78 is 27.2. The van der Waals surface area contributed by atoms with E-state index >= 15 is 0 Å². The number of carbonyl (C=O) groups is 1. The summed E-state index contributed by atoms with van der Waals surface area (Å²) in [7, 11) is 0. The van der Waals surface area contributed by atoms with Crippen LogP contribution in [0.15, 0.2) is 16.6 Å². The summed E-state index contributed by atoms with van der Waals surface area (Å²) in [6.07, 6.45) is 0. The van der Waals surface area contributed by atoms with Gasteiger partial charge in [-0.3, -0.25) is 4.79 Å². The Bertz CT molecular complexity index is 426. The molecule has 0 aromatic heterocycles. The molecular weight excluding hydrogens is 294 g/mol. The van der Waals surface area contributed by atoms with Crippen molar-refractivity contribution in [3.8, 4) is 0 Å². The molecule has 3 N–H and O–H groups in total. The number of hydrogen-bond donors (Lipinski definition) is 2. The lowest BCUT2D eigenvalue weighted by molar-refractivity contribution is 0.0907. The molecule has 1 aromatic carbocycles. The predicted molar refractivity (Wildman–Crippen MR) is 64.7 cm³/mol. The SMILES string of the molecule is CC(C)(CN)NC(=O)c1c(F)cc(Br)cc1F. The number of hydrogen-bond acceptors (Lipinski definition) is 2. The van der Waals surface area contributed by atoms with Crippen molar-refractivity contribution >= 4 is 21.8 Å². The number of carbonyl (C=O) groups excluding carboxylic acids is 1. The van der Waals surface area contributed by atoms with E-state index in [1.54, 1.807) is 13.8 Å². The van der Waals surface area contributed by atoms with Crippen LogP contribution >= 0.6 is 15.9 Å². The van der Waals surface area contributed by atoms with E-state index < -0.39 is 28.6 Å². The maximum absolute atomic E-state index is 13.5. The Morgan fingerprint density at radius 2 is 1.88 bits per heavy atom. The van der Waals surface area contributed by atoms with Gasteiger partial charge in [0.1, 0.15) is 17.2 Å². The molecule has 1 amide bonds. The largest absolute Gasteiger partial charge is 0.346 e. The molecule has 0 fully saturated rings. The second-order valence-corrected chi connectivity index (χ2v) is 5.20. The van der Waals surface area contributed by atoms with Gasteiger partial charge in [0.25, 0.3) is 5.91 Å². The number of benzene rings is 1. The molecule has 94 valence electrons. The Morgan fingerprint density at radius 1 is 1.41 bits per heavy atom. The fourth-order valence-corrected chi connectivity index (χ4v) is 1.58. The third-order valence-corrected chi connectivity index (χ3v) is 2.65. The van der Waals surface area contributed by atoms with Gasteiger partial charge in [-0.2, -0.15) is 0 Å². The molecule has 1 rings (SSSR count). The lowest BCUT2D eigenvalue weighted by atomic mass is 10.0. The van der Waals surface area contributed by atoms with E-state index in [1.165, 1.54) is 0 Å².